The van der Waals surface area contributed by atoms with Crippen LogP contribution in [0.4, 0.5) is 21.0 Å². The van der Waals surface area contributed by atoms with Gasteiger partial charge in [-0.3, -0.25) is 14.9 Å². The Morgan fingerprint density at radius 1 is 0.959 bits per heavy atom. The van der Waals surface area contributed by atoms with Crippen molar-refractivity contribution < 1.29 is 52.8 Å². The Balaban J connectivity index is 1.60. The van der Waals surface area contributed by atoms with Crippen LogP contribution in [0, 0.1) is 0 Å². The van der Waals surface area contributed by atoms with Crippen molar-refractivity contribution in [3.63, 3.8) is 0 Å². The lowest BCUT2D eigenvalue weighted by Crippen LogP contribution is -2.44. The zero-order valence-corrected chi connectivity index (χ0v) is 27.5. The lowest BCUT2D eigenvalue weighted by atomic mass is 10.1. The largest absolute Gasteiger partial charge is 0.493 e. The molecule has 0 saturated carbocycles. The van der Waals surface area contributed by atoms with E-state index in [1.54, 1.807) is 29.2 Å². The number of aliphatic hydroxyl groups is 1. The van der Waals surface area contributed by atoms with Crippen molar-refractivity contribution in [3.8, 4) is 11.5 Å². The number of rotatable bonds is 17. The average molecular weight is 683 g/mol. The molecule has 1 heterocycles. The van der Waals surface area contributed by atoms with Crippen LogP contribution in [0.1, 0.15) is 41.6 Å². The van der Waals surface area contributed by atoms with Gasteiger partial charge in [-0.25, -0.2) is 14.4 Å². The molecule has 2 aromatic rings. The first kappa shape index (κ1) is 37.9. The van der Waals surface area contributed by atoms with Gasteiger partial charge in [-0.1, -0.05) is 37.4 Å². The Hall–Kier alpha value is -5.57. The van der Waals surface area contributed by atoms with Crippen LogP contribution < -0.4 is 25.4 Å². The zero-order valence-electron chi connectivity index (χ0n) is 27.5. The number of hydrogen-bond acceptors (Lipinski definition) is 11. The molecule has 15 heteroatoms. The van der Waals surface area contributed by atoms with Gasteiger partial charge in [0.25, 0.3) is 5.91 Å². The molecule has 4 amide bonds. The van der Waals surface area contributed by atoms with Gasteiger partial charge in [0.15, 0.2) is 11.5 Å². The second-order valence-electron chi connectivity index (χ2n) is 10.7. The average Bonchev–Trinajstić information content (AvgIpc) is 3.59. The molecule has 49 heavy (non-hydrogen) atoms. The smallest absolute Gasteiger partial charge is 0.411 e. The van der Waals surface area contributed by atoms with Crippen LogP contribution in [0.2, 0.25) is 0 Å². The van der Waals surface area contributed by atoms with Crippen molar-refractivity contribution in [2.75, 3.05) is 51.2 Å². The fourth-order valence-electron chi connectivity index (χ4n) is 4.89. The quantitative estimate of drug-likeness (QED) is 0.108. The molecule has 264 valence electrons. The lowest BCUT2D eigenvalue weighted by molar-refractivity contribution is -0.146. The monoisotopic (exact) mass is 682 g/mol. The number of carbonyl (C=O) groups excluding carboxylic acids is 5. The molecule has 1 aliphatic rings. The number of amides is 4. The van der Waals surface area contributed by atoms with E-state index < -0.39 is 30.1 Å². The first-order valence-electron chi connectivity index (χ1n) is 15.5. The van der Waals surface area contributed by atoms with Crippen LogP contribution >= 0.6 is 0 Å². The third-order valence-corrected chi connectivity index (χ3v) is 7.35. The third kappa shape index (κ3) is 11.3. The zero-order chi connectivity index (χ0) is 35.8. The second-order valence-corrected chi connectivity index (χ2v) is 10.7. The molecule has 1 aliphatic heterocycles. The number of nitrogens with zero attached hydrogens (tertiary/aromatic N) is 1. The Morgan fingerprint density at radius 2 is 1.63 bits per heavy atom. The summed E-state index contributed by atoms with van der Waals surface area (Å²) in [5.41, 5.74) is 1.23. The van der Waals surface area contributed by atoms with Crippen molar-refractivity contribution in [1.29, 1.82) is 0 Å². The number of benzene rings is 2. The van der Waals surface area contributed by atoms with Crippen molar-refractivity contribution in [1.82, 2.24) is 10.2 Å². The number of urea groups is 1. The molecule has 0 unspecified atom stereocenters. The van der Waals surface area contributed by atoms with Gasteiger partial charge in [0, 0.05) is 24.7 Å². The summed E-state index contributed by atoms with van der Waals surface area (Å²) >= 11 is 0. The molecule has 4 N–H and O–H groups in total. The highest BCUT2D eigenvalue weighted by atomic mass is 16.6. The predicted octanol–water partition coefficient (Wildman–Crippen LogP) is 3.78. The van der Waals surface area contributed by atoms with E-state index in [1.807, 2.05) is 0 Å². The Kier molecular flexibility index (Phi) is 14.9. The third-order valence-electron chi connectivity index (χ3n) is 7.35. The summed E-state index contributed by atoms with van der Waals surface area (Å²) in [5, 5.41) is 17.4. The van der Waals surface area contributed by atoms with E-state index in [4.69, 9.17) is 23.7 Å². The highest BCUT2D eigenvalue weighted by Gasteiger charge is 2.31. The number of hydrogen-bond donors (Lipinski definition) is 4. The molecule has 0 spiro atoms. The molecule has 1 saturated heterocycles. The molecule has 0 aliphatic carbocycles. The van der Waals surface area contributed by atoms with E-state index in [1.165, 1.54) is 38.5 Å². The number of anilines is 2. The Morgan fingerprint density at radius 3 is 2.29 bits per heavy atom. The standard InChI is InChI=1S/C34H42N4O11/c1-5-16-47-30(40)14-13-26(32(42)48-17-6-2)36-33(43)35-23-11-9-22(10-12-23)21-49-34(44)37-27-19-29(46-4)28(45-3)18-25(27)31(41)38-15-7-8-24(38)20-39/h5-6,9-12,18-19,24,26,39H,1-2,7-8,13-17,20-21H2,3-4H3,(H,37,44)(H2,35,36,43)/t24-,26-/m0/s1. The van der Waals surface area contributed by atoms with Crippen LogP contribution in [0.5, 0.6) is 11.5 Å². The van der Waals surface area contributed by atoms with Gasteiger partial charge in [-0.05, 0) is 43.0 Å². The molecule has 1 fully saturated rings. The summed E-state index contributed by atoms with van der Waals surface area (Å²) in [7, 11) is 2.85. The fourth-order valence-corrected chi connectivity index (χ4v) is 4.89. The van der Waals surface area contributed by atoms with E-state index in [0.29, 0.717) is 30.0 Å². The number of methoxy groups -OCH3 is 2. The molecule has 0 bridgehead atoms. The van der Waals surface area contributed by atoms with E-state index in [2.05, 4.69) is 29.1 Å². The van der Waals surface area contributed by atoms with E-state index in [-0.39, 0.29) is 68.2 Å². The number of likely N-dealkylation sites (tertiary alicyclic amines) is 1. The summed E-state index contributed by atoms with van der Waals surface area (Å²) in [6.07, 6.45) is 3.16. The molecule has 3 rings (SSSR count). The van der Waals surface area contributed by atoms with Crippen LogP contribution in [0.3, 0.4) is 0 Å². The van der Waals surface area contributed by atoms with Crippen molar-refractivity contribution in [3.05, 3.63) is 72.8 Å². The predicted molar refractivity (Wildman–Crippen MR) is 178 cm³/mol. The molecule has 15 nitrogen and oxygen atoms in total. The lowest BCUT2D eigenvalue weighted by Gasteiger charge is -2.25. The summed E-state index contributed by atoms with van der Waals surface area (Å²) in [6.45, 7) is 7.04. The molecular formula is C34H42N4O11. The van der Waals surface area contributed by atoms with Gasteiger partial charge in [0.05, 0.1) is 38.1 Å². The summed E-state index contributed by atoms with van der Waals surface area (Å²) in [5.74, 6) is -1.11. The second kappa shape index (κ2) is 19.3. The highest BCUT2D eigenvalue weighted by Crippen LogP contribution is 2.35. The van der Waals surface area contributed by atoms with Gasteiger partial charge in [-0.2, -0.15) is 0 Å². The summed E-state index contributed by atoms with van der Waals surface area (Å²) < 4.78 is 26.0. The van der Waals surface area contributed by atoms with Gasteiger partial charge in [0.1, 0.15) is 25.9 Å². The topological polar surface area (TPSA) is 191 Å². The van der Waals surface area contributed by atoms with Crippen LogP contribution in [0.25, 0.3) is 0 Å². The summed E-state index contributed by atoms with van der Waals surface area (Å²) in [6, 6.07) is 7.10. The van der Waals surface area contributed by atoms with Gasteiger partial charge in [0.2, 0.25) is 0 Å². The highest BCUT2D eigenvalue weighted by molar-refractivity contribution is 6.04. The van der Waals surface area contributed by atoms with Crippen LogP contribution in [-0.4, -0.2) is 92.6 Å². The first-order chi connectivity index (χ1) is 23.6. The fraction of sp³-hybridized carbons (Fsp3) is 0.382. The molecule has 2 atom stereocenters. The minimum atomic E-state index is -1.13. The SMILES string of the molecule is C=CCOC(=O)CC[C@H](NC(=O)Nc1ccc(COC(=O)Nc2cc(OC)c(OC)cc2C(=O)N2CCC[C@H]2CO)cc1)C(=O)OCC=C. The number of ether oxygens (including phenoxy) is 5. The van der Waals surface area contributed by atoms with Crippen molar-refractivity contribution in [2.45, 2.75) is 44.4 Å². The minimum absolute atomic E-state index is 0.0230. The van der Waals surface area contributed by atoms with E-state index in [9.17, 15) is 29.1 Å². The maximum absolute atomic E-state index is 13.4. The Labute approximate surface area is 284 Å². The molecular weight excluding hydrogens is 640 g/mol. The number of esters is 2. The van der Waals surface area contributed by atoms with E-state index in [0.717, 1.165) is 6.42 Å². The number of carbonyl (C=O) groups is 5. The summed E-state index contributed by atoms with van der Waals surface area (Å²) in [4.78, 5) is 64.8. The van der Waals surface area contributed by atoms with Crippen molar-refractivity contribution >= 4 is 41.3 Å². The van der Waals surface area contributed by atoms with Gasteiger partial charge >= 0.3 is 24.1 Å². The molecule has 2 aromatic carbocycles. The first-order valence-corrected chi connectivity index (χ1v) is 15.5. The maximum atomic E-state index is 13.4. The van der Waals surface area contributed by atoms with Crippen LogP contribution in [-0.2, 0) is 30.4 Å². The van der Waals surface area contributed by atoms with E-state index >= 15 is 0 Å². The molecule has 0 radical (unpaired) electrons. The maximum Gasteiger partial charge on any atom is 0.411 e. The normalized spacial score (nSPS) is 14.1. The Bertz CT molecular complexity index is 1500. The van der Waals surface area contributed by atoms with Crippen molar-refractivity contribution in [2.24, 2.45) is 0 Å². The molecule has 0 aromatic heterocycles. The van der Waals surface area contributed by atoms with Gasteiger partial charge in [-0.15, -0.1) is 0 Å². The van der Waals surface area contributed by atoms with Crippen LogP contribution in [0.15, 0.2) is 61.7 Å². The number of nitrogens with one attached hydrogen (secondary N) is 3. The van der Waals surface area contributed by atoms with Gasteiger partial charge < -0.3 is 44.3 Å². The minimum Gasteiger partial charge on any atom is -0.493 e. The number of aliphatic hydroxyl groups excluding tert-OH is 1.